The number of rotatable bonds is 5. The van der Waals surface area contributed by atoms with Crippen LogP contribution in [0.15, 0.2) is 17.5 Å². The molecule has 0 aromatic carbocycles. The second-order valence-electron chi connectivity index (χ2n) is 3.60. The van der Waals surface area contributed by atoms with E-state index in [1.807, 2.05) is 11.3 Å². The van der Waals surface area contributed by atoms with E-state index in [1.165, 1.54) is 35.1 Å². The van der Waals surface area contributed by atoms with Gasteiger partial charge in [-0.05, 0) is 24.4 Å². The van der Waals surface area contributed by atoms with Crippen molar-refractivity contribution in [3.8, 4) is 0 Å². The highest BCUT2D eigenvalue weighted by atomic mass is 32.2. The summed E-state index contributed by atoms with van der Waals surface area (Å²) in [5, 5.41) is 6.56. The zero-order valence-corrected chi connectivity index (χ0v) is 11.2. The Bertz CT molecular complexity index is 255. The van der Waals surface area contributed by atoms with Crippen molar-refractivity contribution in [2.75, 3.05) is 30.3 Å². The van der Waals surface area contributed by atoms with Crippen LogP contribution in [0.25, 0.3) is 0 Å². The molecule has 1 fully saturated rings. The Morgan fingerprint density at radius 1 is 1.40 bits per heavy atom. The van der Waals surface area contributed by atoms with Gasteiger partial charge in [0.15, 0.2) is 0 Å². The molecular formula is C11H17NS3. The molecule has 0 radical (unpaired) electrons. The van der Waals surface area contributed by atoms with Crippen LogP contribution in [0.3, 0.4) is 0 Å². The van der Waals surface area contributed by atoms with E-state index in [1.54, 1.807) is 0 Å². The molecule has 1 nitrogen and oxygen atoms in total. The molecule has 1 N–H and O–H groups in total. The average molecular weight is 259 g/mol. The van der Waals surface area contributed by atoms with Crippen molar-refractivity contribution in [1.29, 1.82) is 0 Å². The van der Waals surface area contributed by atoms with Gasteiger partial charge in [-0.2, -0.15) is 23.5 Å². The molecule has 0 saturated carbocycles. The third kappa shape index (κ3) is 4.39. The average Bonchev–Trinajstić information content (AvgIpc) is 2.79. The Morgan fingerprint density at radius 3 is 3.13 bits per heavy atom. The van der Waals surface area contributed by atoms with Gasteiger partial charge in [0.2, 0.25) is 0 Å². The lowest BCUT2D eigenvalue weighted by molar-refractivity contribution is 0.684. The van der Waals surface area contributed by atoms with Crippen LogP contribution < -0.4 is 5.32 Å². The summed E-state index contributed by atoms with van der Waals surface area (Å²) in [7, 11) is 0. The summed E-state index contributed by atoms with van der Waals surface area (Å²) in [6.45, 7) is 2.31. The lowest BCUT2D eigenvalue weighted by atomic mass is 10.3. The molecule has 15 heavy (non-hydrogen) atoms. The normalized spacial score (nSPS) is 21.7. The predicted molar refractivity (Wildman–Crippen MR) is 74.5 cm³/mol. The summed E-state index contributed by atoms with van der Waals surface area (Å²) in [4.78, 5) is 1.49. The standard InChI is InChI=1S/C11H17NS3/c1-2-10(14-5-1)3-4-12-8-11-9-13-6-7-15-11/h1-2,5,11-12H,3-4,6-9H2. The predicted octanol–water partition coefficient (Wildman–Crippen LogP) is 2.73. The largest absolute Gasteiger partial charge is 0.315 e. The van der Waals surface area contributed by atoms with E-state index in [0.29, 0.717) is 0 Å². The molecule has 1 aromatic heterocycles. The van der Waals surface area contributed by atoms with Crippen LogP contribution in [0.5, 0.6) is 0 Å². The molecule has 1 unspecified atom stereocenters. The van der Waals surface area contributed by atoms with E-state index in [0.717, 1.165) is 11.8 Å². The third-order valence-electron chi connectivity index (χ3n) is 2.39. The zero-order valence-electron chi connectivity index (χ0n) is 8.78. The lowest BCUT2D eigenvalue weighted by Crippen LogP contribution is -2.30. The highest BCUT2D eigenvalue weighted by Gasteiger charge is 2.13. The summed E-state index contributed by atoms with van der Waals surface area (Å²) in [5.74, 6) is 4.01. The van der Waals surface area contributed by atoms with Crippen molar-refractivity contribution < 1.29 is 0 Å². The second kappa shape index (κ2) is 6.84. The maximum absolute atomic E-state index is 3.57. The Labute approximate surface area is 104 Å². The summed E-state index contributed by atoms with van der Waals surface area (Å²) in [6, 6.07) is 4.35. The summed E-state index contributed by atoms with van der Waals surface area (Å²) < 4.78 is 0. The van der Waals surface area contributed by atoms with Gasteiger partial charge in [-0.15, -0.1) is 11.3 Å². The molecule has 2 heterocycles. The maximum Gasteiger partial charge on any atom is 0.0263 e. The Morgan fingerprint density at radius 2 is 2.40 bits per heavy atom. The molecule has 1 aliphatic rings. The van der Waals surface area contributed by atoms with E-state index >= 15 is 0 Å². The number of thioether (sulfide) groups is 2. The number of hydrogen-bond donors (Lipinski definition) is 1. The van der Waals surface area contributed by atoms with Gasteiger partial charge in [0, 0.05) is 33.9 Å². The summed E-state index contributed by atoms with van der Waals surface area (Å²) >= 11 is 6.09. The van der Waals surface area contributed by atoms with Gasteiger partial charge in [0.25, 0.3) is 0 Å². The molecule has 4 heteroatoms. The molecular weight excluding hydrogens is 242 g/mol. The van der Waals surface area contributed by atoms with E-state index < -0.39 is 0 Å². The first-order valence-electron chi connectivity index (χ1n) is 5.37. The fourth-order valence-electron chi connectivity index (χ4n) is 1.58. The molecule has 0 spiro atoms. The van der Waals surface area contributed by atoms with Gasteiger partial charge in [0.05, 0.1) is 0 Å². The van der Waals surface area contributed by atoms with Gasteiger partial charge >= 0.3 is 0 Å². The second-order valence-corrected chi connectivity index (χ2v) is 7.19. The summed E-state index contributed by atoms with van der Waals surface area (Å²) in [6.07, 6.45) is 1.18. The fourth-order valence-corrected chi connectivity index (χ4v) is 4.94. The van der Waals surface area contributed by atoms with Gasteiger partial charge in [0.1, 0.15) is 0 Å². The Balaban J connectivity index is 1.54. The molecule has 2 rings (SSSR count). The zero-order chi connectivity index (χ0) is 10.3. The van der Waals surface area contributed by atoms with Crippen LogP contribution in [0.4, 0.5) is 0 Å². The van der Waals surface area contributed by atoms with Crippen LogP contribution in [-0.4, -0.2) is 35.6 Å². The first-order valence-corrected chi connectivity index (χ1v) is 8.46. The number of nitrogens with one attached hydrogen (secondary N) is 1. The first kappa shape index (κ1) is 11.8. The van der Waals surface area contributed by atoms with Crippen LogP contribution >= 0.6 is 34.9 Å². The van der Waals surface area contributed by atoms with Crippen LogP contribution in [0.1, 0.15) is 4.88 Å². The van der Waals surface area contributed by atoms with E-state index in [9.17, 15) is 0 Å². The van der Waals surface area contributed by atoms with Gasteiger partial charge in [-0.1, -0.05) is 6.07 Å². The van der Waals surface area contributed by atoms with Crippen molar-refractivity contribution in [3.05, 3.63) is 22.4 Å². The third-order valence-corrected chi connectivity index (χ3v) is 6.17. The minimum absolute atomic E-state index is 0.840. The molecule has 84 valence electrons. The highest BCUT2D eigenvalue weighted by molar-refractivity contribution is 8.06. The molecule has 1 atom stereocenters. The van der Waals surface area contributed by atoms with Gasteiger partial charge < -0.3 is 5.32 Å². The molecule has 0 amide bonds. The molecule has 0 bridgehead atoms. The monoisotopic (exact) mass is 259 g/mol. The first-order chi connectivity index (χ1) is 7.45. The van der Waals surface area contributed by atoms with E-state index in [2.05, 4.69) is 46.4 Å². The number of thiophene rings is 1. The van der Waals surface area contributed by atoms with Crippen molar-refractivity contribution in [3.63, 3.8) is 0 Å². The molecule has 1 saturated heterocycles. The topological polar surface area (TPSA) is 12.0 Å². The molecule has 1 aromatic rings. The SMILES string of the molecule is c1csc(CCNCC2CSCCS2)c1. The fraction of sp³-hybridized carbons (Fsp3) is 0.636. The minimum Gasteiger partial charge on any atom is -0.315 e. The number of hydrogen-bond acceptors (Lipinski definition) is 4. The smallest absolute Gasteiger partial charge is 0.0263 e. The molecule has 0 aliphatic carbocycles. The lowest BCUT2D eigenvalue weighted by Gasteiger charge is -2.21. The van der Waals surface area contributed by atoms with Crippen LogP contribution in [0.2, 0.25) is 0 Å². The summed E-state index contributed by atoms with van der Waals surface area (Å²) in [5.41, 5.74) is 0. The van der Waals surface area contributed by atoms with Gasteiger partial charge in [-0.3, -0.25) is 0 Å². The Hall–Kier alpha value is 0.360. The minimum atomic E-state index is 0.840. The van der Waals surface area contributed by atoms with Crippen molar-refractivity contribution in [1.82, 2.24) is 5.32 Å². The molecule has 1 aliphatic heterocycles. The van der Waals surface area contributed by atoms with Gasteiger partial charge in [-0.25, -0.2) is 0 Å². The van der Waals surface area contributed by atoms with Crippen molar-refractivity contribution in [2.24, 2.45) is 0 Å². The quantitative estimate of drug-likeness (QED) is 0.817. The van der Waals surface area contributed by atoms with E-state index in [4.69, 9.17) is 0 Å². The van der Waals surface area contributed by atoms with Crippen molar-refractivity contribution in [2.45, 2.75) is 11.7 Å². The van der Waals surface area contributed by atoms with E-state index in [-0.39, 0.29) is 0 Å². The van der Waals surface area contributed by atoms with Crippen LogP contribution in [-0.2, 0) is 6.42 Å². The van der Waals surface area contributed by atoms with Crippen LogP contribution in [0, 0.1) is 0 Å². The highest BCUT2D eigenvalue weighted by Crippen LogP contribution is 2.23. The Kier molecular flexibility index (Phi) is 5.40. The maximum atomic E-state index is 3.57. The van der Waals surface area contributed by atoms with Crippen molar-refractivity contribution >= 4 is 34.9 Å².